The van der Waals surface area contributed by atoms with Crippen LogP contribution in [0.2, 0.25) is 0 Å². The summed E-state index contributed by atoms with van der Waals surface area (Å²) in [6.45, 7) is 4.15. The van der Waals surface area contributed by atoms with Gasteiger partial charge in [0.05, 0.1) is 10.6 Å². The second kappa shape index (κ2) is 6.18. The Morgan fingerprint density at radius 2 is 1.87 bits per heavy atom. The van der Waals surface area contributed by atoms with Crippen molar-refractivity contribution in [1.82, 2.24) is 4.98 Å². The van der Waals surface area contributed by atoms with Crippen LogP contribution in [0.15, 0.2) is 47.8 Å². The van der Waals surface area contributed by atoms with E-state index in [4.69, 9.17) is 0 Å². The number of nitro benzene ring substituents is 1. The van der Waals surface area contributed by atoms with E-state index < -0.39 is 4.92 Å². The SMILES string of the molecule is Cc1cccc(Nc2nc(-c3ccc([N+](=O)[O-])cc3)cs2)c1C. The van der Waals surface area contributed by atoms with Crippen molar-refractivity contribution in [2.45, 2.75) is 13.8 Å². The molecule has 3 rings (SSSR count). The summed E-state index contributed by atoms with van der Waals surface area (Å²) in [6.07, 6.45) is 0. The van der Waals surface area contributed by atoms with E-state index in [0.717, 1.165) is 22.1 Å². The number of aromatic nitrogens is 1. The van der Waals surface area contributed by atoms with Gasteiger partial charge in [-0.3, -0.25) is 10.1 Å². The second-order valence-electron chi connectivity index (χ2n) is 5.21. The van der Waals surface area contributed by atoms with E-state index in [1.54, 1.807) is 12.1 Å². The summed E-state index contributed by atoms with van der Waals surface area (Å²) < 4.78 is 0. The molecule has 0 aliphatic carbocycles. The lowest BCUT2D eigenvalue weighted by atomic mass is 10.1. The Balaban J connectivity index is 1.83. The molecule has 0 aliphatic rings. The Morgan fingerprint density at radius 3 is 2.57 bits per heavy atom. The summed E-state index contributed by atoms with van der Waals surface area (Å²) in [5.41, 5.74) is 5.20. The summed E-state index contributed by atoms with van der Waals surface area (Å²) >= 11 is 1.51. The van der Waals surface area contributed by atoms with E-state index in [1.807, 2.05) is 17.5 Å². The molecule has 0 saturated heterocycles. The average Bonchev–Trinajstić information content (AvgIpc) is 3.00. The maximum atomic E-state index is 10.7. The maximum Gasteiger partial charge on any atom is 0.269 e. The van der Waals surface area contributed by atoms with Crippen LogP contribution >= 0.6 is 11.3 Å². The molecule has 0 aliphatic heterocycles. The molecule has 2 aromatic carbocycles. The lowest BCUT2D eigenvalue weighted by Gasteiger charge is -2.08. The van der Waals surface area contributed by atoms with Gasteiger partial charge in [0.2, 0.25) is 0 Å². The highest BCUT2D eigenvalue weighted by atomic mass is 32.1. The zero-order valence-electron chi connectivity index (χ0n) is 12.7. The maximum absolute atomic E-state index is 10.7. The Morgan fingerprint density at radius 1 is 1.13 bits per heavy atom. The van der Waals surface area contributed by atoms with Crippen molar-refractivity contribution in [2.24, 2.45) is 0 Å². The zero-order valence-corrected chi connectivity index (χ0v) is 13.6. The Bertz CT molecular complexity index is 857. The fourth-order valence-corrected chi connectivity index (χ4v) is 2.95. The monoisotopic (exact) mass is 325 g/mol. The molecule has 5 nitrogen and oxygen atoms in total. The van der Waals surface area contributed by atoms with E-state index in [0.29, 0.717) is 0 Å². The Labute approximate surface area is 137 Å². The molecule has 0 unspecified atom stereocenters. The number of hydrogen-bond acceptors (Lipinski definition) is 5. The van der Waals surface area contributed by atoms with Gasteiger partial charge >= 0.3 is 0 Å². The summed E-state index contributed by atoms with van der Waals surface area (Å²) in [5.74, 6) is 0. The van der Waals surface area contributed by atoms with Crippen molar-refractivity contribution >= 4 is 27.8 Å². The van der Waals surface area contributed by atoms with E-state index in [2.05, 4.69) is 30.2 Å². The number of nitrogens with one attached hydrogen (secondary N) is 1. The van der Waals surface area contributed by atoms with E-state index >= 15 is 0 Å². The molecule has 0 amide bonds. The zero-order chi connectivity index (χ0) is 16.4. The first-order valence-electron chi connectivity index (χ1n) is 7.08. The number of anilines is 2. The van der Waals surface area contributed by atoms with Gasteiger partial charge in [-0.2, -0.15) is 0 Å². The molecule has 0 atom stereocenters. The van der Waals surface area contributed by atoms with Gasteiger partial charge in [0.1, 0.15) is 0 Å². The Hall–Kier alpha value is -2.73. The molecule has 1 aromatic heterocycles. The quantitative estimate of drug-likeness (QED) is 0.536. The van der Waals surface area contributed by atoms with Gasteiger partial charge in [-0.05, 0) is 43.2 Å². The number of non-ortho nitro benzene ring substituents is 1. The van der Waals surface area contributed by atoms with Gasteiger partial charge in [0, 0.05) is 28.8 Å². The molecule has 6 heteroatoms. The van der Waals surface area contributed by atoms with Crippen LogP contribution in [-0.4, -0.2) is 9.91 Å². The van der Waals surface area contributed by atoms with Crippen LogP contribution < -0.4 is 5.32 Å². The number of nitrogens with zero attached hydrogens (tertiary/aromatic N) is 2. The van der Waals surface area contributed by atoms with Crippen molar-refractivity contribution < 1.29 is 4.92 Å². The number of aryl methyl sites for hydroxylation is 1. The third kappa shape index (κ3) is 3.22. The lowest BCUT2D eigenvalue weighted by molar-refractivity contribution is -0.384. The van der Waals surface area contributed by atoms with E-state index in [1.165, 1.54) is 34.6 Å². The topological polar surface area (TPSA) is 68.1 Å². The number of rotatable bonds is 4. The standard InChI is InChI=1S/C17H15N3O2S/c1-11-4-3-5-15(12(11)2)18-17-19-16(10-23-17)13-6-8-14(9-7-13)20(21)22/h3-10H,1-2H3,(H,18,19). The number of nitro groups is 1. The number of benzene rings is 2. The highest BCUT2D eigenvalue weighted by molar-refractivity contribution is 7.14. The molecule has 0 spiro atoms. The highest BCUT2D eigenvalue weighted by Gasteiger charge is 2.09. The molecular formula is C17H15N3O2S. The van der Waals surface area contributed by atoms with Crippen LogP contribution in [0.3, 0.4) is 0 Å². The highest BCUT2D eigenvalue weighted by Crippen LogP contribution is 2.29. The minimum Gasteiger partial charge on any atom is -0.331 e. The van der Waals surface area contributed by atoms with Gasteiger partial charge in [-0.25, -0.2) is 4.98 Å². The van der Waals surface area contributed by atoms with Crippen molar-refractivity contribution in [3.05, 3.63) is 69.1 Å². The average molecular weight is 325 g/mol. The third-order valence-corrected chi connectivity index (χ3v) is 4.48. The molecule has 0 saturated carbocycles. The first-order chi connectivity index (χ1) is 11.0. The molecule has 0 bridgehead atoms. The first kappa shape index (κ1) is 15.2. The van der Waals surface area contributed by atoms with Crippen LogP contribution in [0.4, 0.5) is 16.5 Å². The predicted molar refractivity (Wildman–Crippen MR) is 93.4 cm³/mol. The smallest absolute Gasteiger partial charge is 0.269 e. The second-order valence-corrected chi connectivity index (χ2v) is 6.07. The van der Waals surface area contributed by atoms with Crippen molar-refractivity contribution in [3.8, 4) is 11.3 Å². The fourth-order valence-electron chi connectivity index (χ4n) is 2.22. The van der Waals surface area contributed by atoms with Crippen molar-refractivity contribution in [2.75, 3.05) is 5.32 Å². The third-order valence-electron chi connectivity index (χ3n) is 3.72. The van der Waals surface area contributed by atoms with Crippen LogP contribution in [0.5, 0.6) is 0 Å². The predicted octanol–water partition coefficient (Wildman–Crippen LogP) is 5.08. The van der Waals surface area contributed by atoms with Crippen molar-refractivity contribution in [3.63, 3.8) is 0 Å². The first-order valence-corrected chi connectivity index (χ1v) is 7.96. The Kier molecular flexibility index (Phi) is 4.08. The van der Waals surface area contributed by atoms with Crippen molar-refractivity contribution in [1.29, 1.82) is 0 Å². The molecule has 3 aromatic rings. The van der Waals surface area contributed by atoms with Gasteiger partial charge in [0.15, 0.2) is 5.13 Å². The van der Waals surface area contributed by atoms with Gasteiger partial charge < -0.3 is 5.32 Å². The molecule has 1 heterocycles. The van der Waals surface area contributed by atoms with E-state index in [-0.39, 0.29) is 5.69 Å². The van der Waals surface area contributed by atoms with Crippen LogP contribution in [0.1, 0.15) is 11.1 Å². The largest absolute Gasteiger partial charge is 0.331 e. The molecule has 0 radical (unpaired) electrons. The molecular weight excluding hydrogens is 310 g/mol. The minimum absolute atomic E-state index is 0.0812. The molecule has 116 valence electrons. The van der Waals surface area contributed by atoms with E-state index in [9.17, 15) is 10.1 Å². The fraction of sp³-hybridized carbons (Fsp3) is 0.118. The molecule has 0 fully saturated rings. The van der Waals surface area contributed by atoms with Crippen LogP contribution in [0.25, 0.3) is 11.3 Å². The van der Waals surface area contributed by atoms with Gasteiger partial charge in [0.25, 0.3) is 5.69 Å². The summed E-state index contributed by atoms with van der Waals surface area (Å²) in [7, 11) is 0. The normalized spacial score (nSPS) is 10.5. The van der Waals surface area contributed by atoms with Crippen LogP contribution in [-0.2, 0) is 0 Å². The summed E-state index contributed by atoms with van der Waals surface area (Å²) in [4.78, 5) is 14.9. The number of hydrogen-bond donors (Lipinski definition) is 1. The van der Waals surface area contributed by atoms with Gasteiger partial charge in [-0.1, -0.05) is 12.1 Å². The summed E-state index contributed by atoms with van der Waals surface area (Å²) in [5, 5.41) is 16.8. The number of thiazole rings is 1. The molecule has 23 heavy (non-hydrogen) atoms. The minimum atomic E-state index is -0.404. The van der Waals surface area contributed by atoms with Crippen LogP contribution in [0, 0.1) is 24.0 Å². The lowest BCUT2D eigenvalue weighted by Crippen LogP contribution is -1.94. The summed E-state index contributed by atoms with van der Waals surface area (Å²) in [6, 6.07) is 12.5. The van der Waals surface area contributed by atoms with Gasteiger partial charge in [-0.15, -0.1) is 11.3 Å². The molecule has 1 N–H and O–H groups in total.